The normalized spacial score (nSPS) is 10.8. The number of rotatable bonds is 8. The minimum Gasteiger partial charge on any atom is -0.493 e. The molecule has 0 heterocycles. The second-order valence-electron chi connectivity index (χ2n) is 6.22. The zero-order valence-corrected chi connectivity index (χ0v) is 17.8. The predicted octanol–water partition coefficient (Wildman–Crippen LogP) is 5.74. The van der Waals surface area contributed by atoms with E-state index in [0.717, 1.165) is 11.1 Å². The molecule has 1 amide bonds. The molecule has 0 radical (unpaired) electrons. The number of carbonyl (C=O) groups excluding carboxylic acids is 1. The first-order valence-electron chi connectivity index (χ1n) is 9.29. The van der Waals surface area contributed by atoms with Crippen molar-refractivity contribution in [1.29, 1.82) is 0 Å². The first-order chi connectivity index (χ1) is 14.6. The molecular formula is C23H20Cl2N2O3. The average molecular weight is 443 g/mol. The lowest BCUT2D eigenvalue weighted by molar-refractivity contribution is 0.0955. The molecule has 0 fully saturated rings. The number of nitrogens with one attached hydrogen (secondary N) is 1. The zero-order chi connectivity index (χ0) is 21.3. The highest BCUT2D eigenvalue weighted by atomic mass is 35.5. The molecule has 7 heteroatoms. The molecule has 3 aromatic rings. The second kappa shape index (κ2) is 10.7. The summed E-state index contributed by atoms with van der Waals surface area (Å²) in [7, 11) is 0. The van der Waals surface area contributed by atoms with Gasteiger partial charge in [-0.05, 0) is 55.5 Å². The van der Waals surface area contributed by atoms with Crippen molar-refractivity contribution in [3.63, 3.8) is 0 Å². The zero-order valence-electron chi connectivity index (χ0n) is 16.3. The van der Waals surface area contributed by atoms with Gasteiger partial charge in [0.25, 0.3) is 5.91 Å². The topological polar surface area (TPSA) is 59.9 Å². The third-order valence-corrected chi connectivity index (χ3v) is 4.70. The highest BCUT2D eigenvalue weighted by Crippen LogP contribution is 2.23. The lowest BCUT2D eigenvalue weighted by Crippen LogP contribution is -2.17. The van der Waals surface area contributed by atoms with Gasteiger partial charge in [0, 0.05) is 26.7 Å². The number of halogens is 2. The van der Waals surface area contributed by atoms with Crippen molar-refractivity contribution in [3.05, 3.63) is 93.5 Å². The molecule has 3 aromatic carbocycles. The highest BCUT2D eigenvalue weighted by molar-refractivity contribution is 6.35. The average Bonchev–Trinajstić information content (AvgIpc) is 2.75. The summed E-state index contributed by atoms with van der Waals surface area (Å²) in [5.41, 5.74) is 4.58. The van der Waals surface area contributed by atoms with Crippen molar-refractivity contribution in [2.75, 3.05) is 6.61 Å². The van der Waals surface area contributed by atoms with E-state index in [4.69, 9.17) is 32.7 Å². The van der Waals surface area contributed by atoms with Crippen LogP contribution in [0.2, 0.25) is 10.0 Å². The van der Waals surface area contributed by atoms with Gasteiger partial charge in [-0.15, -0.1) is 0 Å². The molecule has 0 saturated carbocycles. The number of nitrogens with zero attached hydrogens (tertiary/aromatic N) is 1. The summed E-state index contributed by atoms with van der Waals surface area (Å²) in [4.78, 5) is 12.3. The fourth-order valence-corrected chi connectivity index (χ4v) is 3.06. The van der Waals surface area contributed by atoms with Crippen LogP contribution in [-0.2, 0) is 6.61 Å². The fraction of sp³-hybridized carbons (Fsp3) is 0.130. The molecule has 154 valence electrons. The lowest BCUT2D eigenvalue weighted by atomic mass is 10.2. The van der Waals surface area contributed by atoms with Crippen LogP contribution in [0, 0.1) is 0 Å². The van der Waals surface area contributed by atoms with E-state index in [-0.39, 0.29) is 5.91 Å². The lowest BCUT2D eigenvalue weighted by Gasteiger charge is -2.09. The molecule has 0 unspecified atom stereocenters. The number of para-hydroxylation sites is 1. The van der Waals surface area contributed by atoms with Gasteiger partial charge in [0.15, 0.2) is 0 Å². The number of benzene rings is 3. The molecule has 0 aliphatic rings. The second-order valence-corrected chi connectivity index (χ2v) is 7.06. The maximum absolute atomic E-state index is 12.3. The molecule has 0 bridgehead atoms. The number of hydrogen-bond donors (Lipinski definition) is 1. The van der Waals surface area contributed by atoms with Crippen LogP contribution in [0.5, 0.6) is 11.5 Å². The van der Waals surface area contributed by atoms with Gasteiger partial charge in [0.05, 0.1) is 12.8 Å². The van der Waals surface area contributed by atoms with E-state index in [1.165, 1.54) is 0 Å². The van der Waals surface area contributed by atoms with Crippen LogP contribution in [-0.4, -0.2) is 18.7 Å². The first kappa shape index (κ1) is 21.7. The van der Waals surface area contributed by atoms with Crippen LogP contribution in [0.4, 0.5) is 0 Å². The van der Waals surface area contributed by atoms with Gasteiger partial charge < -0.3 is 9.47 Å². The van der Waals surface area contributed by atoms with Crippen LogP contribution < -0.4 is 14.9 Å². The van der Waals surface area contributed by atoms with Gasteiger partial charge in [-0.2, -0.15) is 5.10 Å². The van der Waals surface area contributed by atoms with Crippen molar-refractivity contribution in [1.82, 2.24) is 5.43 Å². The third-order valence-electron chi connectivity index (χ3n) is 4.11. The van der Waals surface area contributed by atoms with Crippen molar-refractivity contribution in [3.8, 4) is 11.5 Å². The number of carbonyl (C=O) groups is 1. The standard InChI is InChI=1S/C23H20Cl2N2O3/c1-2-29-22-6-4-3-5-17(22)14-26-27-23(28)16-8-11-20(12-9-16)30-15-18-7-10-19(24)13-21(18)25/h3-14H,2,15H2,1H3,(H,27,28)/b26-14+. The molecule has 0 aliphatic carbocycles. The number of hydrogen-bond acceptors (Lipinski definition) is 4. The summed E-state index contributed by atoms with van der Waals surface area (Å²) in [5.74, 6) is 0.999. The molecule has 3 rings (SSSR count). The largest absolute Gasteiger partial charge is 0.493 e. The molecule has 5 nitrogen and oxygen atoms in total. The maximum atomic E-state index is 12.3. The smallest absolute Gasteiger partial charge is 0.271 e. The Morgan fingerprint density at radius 2 is 1.80 bits per heavy atom. The maximum Gasteiger partial charge on any atom is 0.271 e. The van der Waals surface area contributed by atoms with Crippen LogP contribution in [0.1, 0.15) is 28.4 Å². The Hall–Kier alpha value is -3.02. The van der Waals surface area contributed by atoms with Gasteiger partial charge in [-0.3, -0.25) is 4.79 Å². The Balaban J connectivity index is 1.56. The summed E-state index contributed by atoms with van der Waals surface area (Å²) in [6, 6.07) is 19.5. The summed E-state index contributed by atoms with van der Waals surface area (Å²) < 4.78 is 11.2. The van der Waals surface area contributed by atoms with Gasteiger partial charge >= 0.3 is 0 Å². The Morgan fingerprint density at radius 3 is 2.53 bits per heavy atom. The molecular weight excluding hydrogens is 423 g/mol. The first-order valence-corrected chi connectivity index (χ1v) is 10.0. The van der Waals surface area contributed by atoms with Crippen LogP contribution in [0.3, 0.4) is 0 Å². The van der Waals surface area contributed by atoms with Crippen molar-refractivity contribution in [2.45, 2.75) is 13.5 Å². The number of hydrazone groups is 1. The van der Waals surface area contributed by atoms with Crippen LogP contribution >= 0.6 is 23.2 Å². The van der Waals surface area contributed by atoms with Crippen LogP contribution in [0.25, 0.3) is 0 Å². The highest BCUT2D eigenvalue weighted by Gasteiger charge is 2.06. The Kier molecular flexibility index (Phi) is 7.71. The van der Waals surface area contributed by atoms with Crippen molar-refractivity contribution >= 4 is 35.3 Å². The minimum absolute atomic E-state index is 0.297. The number of ether oxygens (including phenoxy) is 2. The molecule has 1 N–H and O–H groups in total. The SMILES string of the molecule is CCOc1ccccc1/C=N/NC(=O)c1ccc(OCc2ccc(Cl)cc2Cl)cc1. The Labute approximate surface area is 185 Å². The Morgan fingerprint density at radius 1 is 1.03 bits per heavy atom. The number of amides is 1. The molecule has 0 saturated heterocycles. The monoisotopic (exact) mass is 442 g/mol. The molecule has 0 atom stereocenters. The van der Waals surface area contributed by atoms with E-state index in [1.54, 1.807) is 42.6 Å². The summed E-state index contributed by atoms with van der Waals surface area (Å²) >= 11 is 12.0. The summed E-state index contributed by atoms with van der Waals surface area (Å²) in [5, 5.41) is 5.13. The van der Waals surface area contributed by atoms with E-state index >= 15 is 0 Å². The van der Waals surface area contributed by atoms with E-state index in [9.17, 15) is 4.79 Å². The van der Waals surface area contributed by atoms with E-state index in [1.807, 2.05) is 37.3 Å². The molecule has 30 heavy (non-hydrogen) atoms. The van der Waals surface area contributed by atoms with Gasteiger partial charge in [0.2, 0.25) is 0 Å². The molecule has 0 spiro atoms. The van der Waals surface area contributed by atoms with Gasteiger partial charge in [-0.25, -0.2) is 5.43 Å². The quantitative estimate of drug-likeness (QED) is 0.357. The summed E-state index contributed by atoms with van der Waals surface area (Å²) in [6.07, 6.45) is 1.55. The minimum atomic E-state index is -0.326. The van der Waals surface area contributed by atoms with Crippen molar-refractivity contribution in [2.24, 2.45) is 5.10 Å². The predicted molar refractivity (Wildman–Crippen MR) is 120 cm³/mol. The Bertz CT molecular complexity index is 1040. The third kappa shape index (κ3) is 5.99. The molecule has 0 aliphatic heterocycles. The van der Waals surface area contributed by atoms with E-state index in [2.05, 4.69) is 10.5 Å². The molecule has 0 aromatic heterocycles. The van der Waals surface area contributed by atoms with Crippen molar-refractivity contribution < 1.29 is 14.3 Å². The van der Waals surface area contributed by atoms with E-state index in [0.29, 0.717) is 40.3 Å². The van der Waals surface area contributed by atoms with Crippen LogP contribution in [0.15, 0.2) is 71.8 Å². The summed E-state index contributed by atoms with van der Waals surface area (Å²) in [6.45, 7) is 2.76. The fourth-order valence-electron chi connectivity index (χ4n) is 2.60. The van der Waals surface area contributed by atoms with Gasteiger partial charge in [0.1, 0.15) is 18.1 Å². The van der Waals surface area contributed by atoms with Gasteiger partial charge in [-0.1, -0.05) is 41.4 Å². The van der Waals surface area contributed by atoms with E-state index < -0.39 is 0 Å².